The highest BCUT2D eigenvalue weighted by atomic mass is 32.2. The first-order chi connectivity index (χ1) is 13.0. The number of hydrogen-bond donors (Lipinski definition) is 2. The molecule has 2 aromatic rings. The van der Waals surface area contributed by atoms with Crippen molar-refractivity contribution in [3.8, 4) is 5.75 Å². The van der Waals surface area contributed by atoms with E-state index in [1.54, 1.807) is 19.1 Å². The van der Waals surface area contributed by atoms with Gasteiger partial charge >= 0.3 is 0 Å². The van der Waals surface area contributed by atoms with Gasteiger partial charge in [0.05, 0.1) is 4.90 Å². The maximum Gasteiger partial charge on any atom is 0.260 e. The molecule has 0 spiro atoms. The van der Waals surface area contributed by atoms with E-state index in [2.05, 4.69) is 26.1 Å². The van der Waals surface area contributed by atoms with Gasteiger partial charge in [0.1, 0.15) is 5.75 Å². The van der Waals surface area contributed by atoms with Crippen LogP contribution in [0.15, 0.2) is 53.4 Å². The van der Waals surface area contributed by atoms with E-state index in [0.717, 1.165) is 11.1 Å². The first-order valence-electron chi connectivity index (χ1n) is 9.13. The molecule has 6 nitrogen and oxygen atoms in total. The standard InChI is InChI=1S/C21H28N2O4S/c1-15(27-18-7-5-6-17(14-18)21(2,3)4)20(24)23-13-12-16-8-10-19(11-9-16)28(22,25)26/h5-11,14-15H,12-13H2,1-4H3,(H,23,24)(H2,22,25,26)/t15-/m0/s1. The van der Waals surface area contributed by atoms with E-state index in [1.165, 1.54) is 12.1 Å². The van der Waals surface area contributed by atoms with Crippen LogP contribution in [-0.4, -0.2) is 27.0 Å². The Balaban J connectivity index is 1.86. The van der Waals surface area contributed by atoms with Gasteiger partial charge in [-0.25, -0.2) is 13.6 Å². The third-order valence-electron chi connectivity index (χ3n) is 4.35. The van der Waals surface area contributed by atoms with E-state index in [0.29, 0.717) is 18.7 Å². The monoisotopic (exact) mass is 404 g/mol. The van der Waals surface area contributed by atoms with Crippen molar-refractivity contribution < 1.29 is 17.9 Å². The third-order valence-corrected chi connectivity index (χ3v) is 5.28. The van der Waals surface area contributed by atoms with Gasteiger partial charge in [0.15, 0.2) is 6.10 Å². The zero-order chi connectivity index (χ0) is 20.9. The highest BCUT2D eigenvalue weighted by molar-refractivity contribution is 7.89. The molecule has 28 heavy (non-hydrogen) atoms. The van der Waals surface area contributed by atoms with Crippen molar-refractivity contribution in [2.45, 2.75) is 50.5 Å². The minimum absolute atomic E-state index is 0.00362. The molecule has 1 atom stereocenters. The van der Waals surface area contributed by atoms with Gasteiger partial charge in [-0.1, -0.05) is 45.0 Å². The first-order valence-corrected chi connectivity index (χ1v) is 10.7. The molecule has 0 bridgehead atoms. The molecule has 0 fully saturated rings. The Morgan fingerprint density at radius 2 is 1.79 bits per heavy atom. The van der Waals surface area contributed by atoms with Crippen LogP contribution in [0.2, 0.25) is 0 Å². The normalized spacial score (nSPS) is 13.0. The van der Waals surface area contributed by atoms with Gasteiger partial charge in [0, 0.05) is 6.54 Å². The number of sulfonamides is 1. The fourth-order valence-corrected chi connectivity index (χ4v) is 3.13. The molecule has 0 saturated heterocycles. The molecule has 0 heterocycles. The van der Waals surface area contributed by atoms with E-state index < -0.39 is 16.1 Å². The first kappa shape index (κ1) is 21.9. The number of carbonyl (C=O) groups is 1. The van der Waals surface area contributed by atoms with Crippen molar-refractivity contribution in [2.75, 3.05) is 6.54 Å². The second-order valence-electron chi connectivity index (χ2n) is 7.77. The van der Waals surface area contributed by atoms with Gasteiger partial charge in [-0.05, 0) is 54.2 Å². The summed E-state index contributed by atoms with van der Waals surface area (Å²) in [6.07, 6.45) is -0.0527. The maximum atomic E-state index is 12.3. The topological polar surface area (TPSA) is 98.5 Å². The number of hydrogen-bond acceptors (Lipinski definition) is 4. The van der Waals surface area contributed by atoms with Crippen molar-refractivity contribution in [3.63, 3.8) is 0 Å². The summed E-state index contributed by atoms with van der Waals surface area (Å²) in [5.74, 6) is 0.455. The zero-order valence-electron chi connectivity index (χ0n) is 16.7. The number of ether oxygens (including phenoxy) is 1. The molecular formula is C21H28N2O4S. The maximum absolute atomic E-state index is 12.3. The lowest BCUT2D eigenvalue weighted by atomic mass is 9.87. The average molecular weight is 405 g/mol. The Morgan fingerprint density at radius 3 is 2.36 bits per heavy atom. The molecule has 0 aliphatic rings. The predicted molar refractivity (Wildman–Crippen MR) is 110 cm³/mol. The Hall–Kier alpha value is -2.38. The molecule has 7 heteroatoms. The van der Waals surface area contributed by atoms with Crippen molar-refractivity contribution in [1.29, 1.82) is 0 Å². The lowest BCUT2D eigenvalue weighted by molar-refractivity contribution is -0.127. The molecule has 2 rings (SSSR count). The van der Waals surface area contributed by atoms with E-state index in [4.69, 9.17) is 9.88 Å². The van der Waals surface area contributed by atoms with Crippen LogP contribution in [0.3, 0.4) is 0 Å². The van der Waals surface area contributed by atoms with Crippen LogP contribution >= 0.6 is 0 Å². The van der Waals surface area contributed by atoms with Crippen LogP contribution in [-0.2, 0) is 26.7 Å². The minimum atomic E-state index is -3.69. The third kappa shape index (κ3) is 6.35. The molecular weight excluding hydrogens is 376 g/mol. The van der Waals surface area contributed by atoms with E-state index in [1.807, 2.05) is 24.3 Å². The largest absolute Gasteiger partial charge is 0.481 e. The summed E-state index contributed by atoms with van der Waals surface area (Å²) in [5, 5.41) is 7.91. The number of nitrogens with one attached hydrogen (secondary N) is 1. The summed E-state index contributed by atoms with van der Waals surface area (Å²) in [6, 6.07) is 14.0. The number of rotatable bonds is 7. The van der Waals surface area contributed by atoms with Crippen molar-refractivity contribution in [1.82, 2.24) is 5.32 Å². The summed E-state index contributed by atoms with van der Waals surface area (Å²) >= 11 is 0. The van der Waals surface area contributed by atoms with E-state index in [-0.39, 0.29) is 16.2 Å². The van der Waals surface area contributed by atoms with Crippen LogP contribution in [0.5, 0.6) is 5.75 Å². The average Bonchev–Trinajstić information content (AvgIpc) is 2.61. The van der Waals surface area contributed by atoms with Gasteiger partial charge < -0.3 is 10.1 Å². The molecule has 152 valence electrons. The molecule has 1 amide bonds. The van der Waals surface area contributed by atoms with Crippen LogP contribution in [0.1, 0.15) is 38.8 Å². The van der Waals surface area contributed by atoms with E-state index >= 15 is 0 Å². The molecule has 0 aliphatic carbocycles. The molecule has 0 unspecified atom stereocenters. The van der Waals surface area contributed by atoms with Crippen LogP contribution < -0.4 is 15.2 Å². The lowest BCUT2D eigenvalue weighted by Gasteiger charge is -2.21. The van der Waals surface area contributed by atoms with E-state index in [9.17, 15) is 13.2 Å². The fraction of sp³-hybridized carbons (Fsp3) is 0.381. The fourth-order valence-electron chi connectivity index (χ4n) is 2.61. The van der Waals surface area contributed by atoms with Gasteiger partial charge in [-0.2, -0.15) is 0 Å². The number of carbonyl (C=O) groups excluding carboxylic acids is 1. The highest BCUT2D eigenvalue weighted by Gasteiger charge is 2.17. The van der Waals surface area contributed by atoms with Gasteiger partial charge in [-0.3, -0.25) is 4.79 Å². The Kier molecular flexibility index (Phi) is 6.85. The number of nitrogens with two attached hydrogens (primary N) is 1. The highest BCUT2D eigenvalue weighted by Crippen LogP contribution is 2.26. The summed E-state index contributed by atoms with van der Waals surface area (Å²) in [6.45, 7) is 8.50. The number of benzene rings is 2. The second-order valence-corrected chi connectivity index (χ2v) is 9.33. The lowest BCUT2D eigenvalue weighted by Crippen LogP contribution is -2.37. The Morgan fingerprint density at radius 1 is 1.14 bits per heavy atom. The number of amides is 1. The summed E-state index contributed by atoms with van der Waals surface area (Å²) < 4.78 is 28.3. The summed E-state index contributed by atoms with van der Waals surface area (Å²) in [4.78, 5) is 12.3. The molecule has 0 aliphatic heterocycles. The number of primary sulfonamides is 1. The minimum Gasteiger partial charge on any atom is -0.481 e. The molecule has 0 radical (unpaired) electrons. The second kappa shape index (κ2) is 8.75. The molecule has 2 aromatic carbocycles. The Bertz CT molecular complexity index is 916. The molecule has 3 N–H and O–H groups in total. The van der Waals surface area contributed by atoms with Crippen LogP contribution in [0.4, 0.5) is 0 Å². The zero-order valence-corrected chi connectivity index (χ0v) is 17.5. The summed E-state index contributed by atoms with van der Waals surface area (Å²) in [7, 11) is -3.69. The predicted octanol–water partition coefficient (Wildman–Crippen LogP) is 2.76. The van der Waals surface area contributed by atoms with Gasteiger partial charge in [-0.15, -0.1) is 0 Å². The van der Waals surface area contributed by atoms with Crippen molar-refractivity contribution >= 4 is 15.9 Å². The Labute approximate surface area is 167 Å². The van der Waals surface area contributed by atoms with Crippen molar-refractivity contribution in [3.05, 3.63) is 59.7 Å². The molecule has 0 aromatic heterocycles. The smallest absolute Gasteiger partial charge is 0.260 e. The van der Waals surface area contributed by atoms with Crippen LogP contribution in [0.25, 0.3) is 0 Å². The quantitative estimate of drug-likeness (QED) is 0.741. The summed E-state index contributed by atoms with van der Waals surface area (Å²) in [5.41, 5.74) is 2.05. The van der Waals surface area contributed by atoms with Gasteiger partial charge in [0.25, 0.3) is 5.91 Å². The SMILES string of the molecule is C[C@H](Oc1cccc(C(C)(C)C)c1)C(=O)NCCc1ccc(S(N)(=O)=O)cc1. The molecule has 0 saturated carbocycles. The van der Waals surface area contributed by atoms with Crippen molar-refractivity contribution in [2.24, 2.45) is 5.14 Å². The van der Waals surface area contributed by atoms with Gasteiger partial charge in [0.2, 0.25) is 10.0 Å². The van der Waals surface area contributed by atoms with Crippen LogP contribution in [0, 0.1) is 0 Å².